The van der Waals surface area contributed by atoms with E-state index in [0.29, 0.717) is 6.04 Å². The summed E-state index contributed by atoms with van der Waals surface area (Å²) in [7, 11) is 0. The van der Waals surface area contributed by atoms with Crippen molar-refractivity contribution in [1.29, 1.82) is 0 Å². The van der Waals surface area contributed by atoms with E-state index < -0.39 is 17.6 Å². The van der Waals surface area contributed by atoms with Crippen molar-refractivity contribution in [2.75, 3.05) is 32.7 Å². The van der Waals surface area contributed by atoms with Crippen LogP contribution < -0.4 is 16.0 Å². The number of alkyl halides is 3. The molecule has 6 nitrogen and oxygen atoms in total. The van der Waals surface area contributed by atoms with Crippen molar-refractivity contribution in [3.63, 3.8) is 0 Å². The number of likely N-dealkylation sites (tertiary alicyclic amines) is 1. The Morgan fingerprint density at radius 3 is 2.79 bits per heavy atom. The van der Waals surface area contributed by atoms with Crippen molar-refractivity contribution in [2.24, 2.45) is 0 Å². The largest absolute Gasteiger partial charge is 0.416 e. The molecule has 0 radical (unpaired) electrons. The number of benzene rings is 1. The number of rotatable bonds is 5. The Kier molecular flexibility index (Phi) is 7.13. The number of carbonyl (C=O) groups excluding carboxylic acids is 2. The molecule has 2 atom stereocenters. The Balaban J connectivity index is 1.44. The third-order valence-electron chi connectivity index (χ3n) is 5.51. The first-order chi connectivity index (χ1) is 13.8. The molecule has 29 heavy (non-hydrogen) atoms. The van der Waals surface area contributed by atoms with Crippen LogP contribution in [0.5, 0.6) is 0 Å². The van der Waals surface area contributed by atoms with Crippen molar-refractivity contribution in [2.45, 2.75) is 43.9 Å². The molecule has 1 aromatic rings. The molecular weight excluding hydrogens is 385 g/mol. The lowest BCUT2D eigenvalue weighted by Gasteiger charge is -2.26. The lowest BCUT2D eigenvalue weighted by molar-refractivity contribution is -0.137. The third-order valence-corrected chi connectivity index (χ3v) is 5.51. The second-order valence-electron chi connectivity index (χ2n) is 7.64. The molecule has 0 aliphatic carbocycles. The van der Waals surface area contributed by atoms with Crippen LogP contribution >= 0.6 is 0 Å². The summed E-state index contributed by atoms with van der Waals surface area (Å²) in [6.45, 7) is 3.53. The highest BCUT2D eigenvalue weighted by molar-refractivity contribution is 5.96. The summed E-state index contributed by atoms with van der Waals surface area (Å²) in [5.74, 6) is -1.04. The number of nitrogens with zero attached hydrogens (tertiary/aromatic N) is 1. The standard InChI is InChI=1S/C20H27F3N4O2/c21-20(22,23)15-4-1-3-14(11-15)19(29)25-12-18(28)26-16-7-10-27(13-16)17-5-2-8-24-9-6-17/h1,3-4,11,16-17,24H,2,5-10,12-13H2,(H,25,29)(H,26,28)/t16?,17-/m0/s1. The van der Waals surface area contributed by atoms with Gasteiger partial charge in [-0.1, -0.05) is 6.07 Å². The molecule has 1 unspecified atom stereocenters. The summed E-state index contributed by atoms with van der Waals surface area (Å²) in [5.41, 5.74) is -1.02. The van der Waals surface area contributed by atoms with Crippen LogP contribution in [0.3, 0.4) is 0 Å². The highest BCUT2D eigenvalue weighted by atomic mass is 19.4. The zero-order valence-corrected chi connectivity index (χ0v) is 16.2. The van der Waals surface area contributed by atoms with Gasteiger partial charge in [0, 0.05) is 30.7 Å². The van der Waals surface area contributed by atoms with Crippen LogP contribution in [0.2, 0.25) is 0 Å². The van der Waals surface area contributed by atoms with Gasteiger partial charge in [0.25, 0.3) is 5.91 Å². The molecule has 3 rings (SSSR count). The van der Waals surface area contributed by atoms with Crippen LogP contribution in [0.15, 0.2) is 24.3 Å². The predicted molar refractivity (Wildman–Crippen MR) is 102 cm³/mol. The smallest absolute Gasteiger partial charge is 0.350 e. The van der Waals surface area contributed by atoms with E-state index in [1.54, 1.807) is 0 Å². The van der Waals surface area contributed by atoms with Crippen molar-refractivity contribution in [3.05, 3.63) is 35.4 Å². The molecule has 0 spiro atoms. The summed E-state index contributed by atoms with van der Waals surface area (Å²) in [5, 5.41) is 8.71. The number of hydrogen-bond acceptors (Lipinski definition) is 4. The zero-order valence-electron chi connectivity index (χ0n) is 16.2. The average molecular weight is 412 g/mol. The number of hydrogen-bond donors (Lipinski definition) is 3. The predicted octanol–water partition coefficient (Wildman–Crippen LogP) is 1.77. The minimum Gasteiger partial charge on any atom is -0.350 e. The van der Waals surface area contributed by atoms with Crippen LogP contribution in [0.25, 0.3) is 0 Å². The second kappa shape index (κ2) is 9.58. The monoisotopic (exact) mass is 412 g/mol. The molecule has 9 heteroatoms. The molecule has 2 fully saturated rings. The van der Waals surface area contributed by atoms with Crippen molar-refractivity contribution >= 4 is 11.8 Å². The van der Waals surface area contributed by atoms with Gasteiger partial charge < -0.3 is 16.0 Å². The van der Waals surface area contributed by atoms with Gasteiger partial charge in [-0.3, -0.25) is 14.5 Å². The van der Waals surface area contributed by atoms with Gasteiger partial charge in [-0.15, -0.1) is 0 Å². The van der Waals surface area contributed by atoms with Crippen LogP contribution in [0.4, 0.5) is 13.2 Å². The van der Waals surface area contributed by atoms with E-state index in [4.69, 9.17) is 0 Å². The molecule has 0 bridgehead atoms. The van der Waals surface area contributed by atoms with Crippen LogP contribution in [0.1, 0.15) is 41.6 Å². The molecule has 2 aliphatic rings. The van der Waals surface area contributed by atoms with E-state index >= 15 is 0 Å². The van der Waals surface area contributed by atoms with Crippen LogP contribution in [-0.2, 0) is 11.0 Å². The first-order valence-electron chi connectivity index (χ1n) is 10.0. The Labute approximate surface area is 168 Å². The first kappa shape index (κ1) is 21.6. The van der Waals surface area contributed by atoms with Gasteiger partial charge in [0.05, 0.1) is 12.1 Å². The van der Waals surface area contributed by atoms with Crippen LogP contribution in [0, 0.1) is 0 Å². The van der Waals surface area contributed by atoms with E-state index in [2.05, 4.69) is 20.9 Å². The molecule has 2 amide bonds. The van der Waals surface area contributed by atoms with Crippen molar-refractivity contribution in [3.8, 4) is 0 Å². The summed E-state index contributed by atoms with van der Waals surface area (Å²) < 4.78 is 38.3. The fraction of sp³-hybridized carbons (Fsp3) is 0.600. The maximum Gasteiger partial charge on any atom is 0.416 e. The topological polar surface area (TPSA) is 73.5 Å². The van der Waals surface area contributed by atoms with Gasteiger partial charge >= 0.3 is 6.18 Å². The highest BCUT2D eigenvalue weighted by Crippen LogP contribution is 2.29. The zero-order chi connectivity index (χ0) is 20.9. The lowest BCUT2D eigenvalue weighted by Crippen LogP contribution is -2.44. The van der Waals surface area contributed by atoms with Gasteiger partial charge in [-0.25, -0.2) is 0 Å². The van der Waals surface area contributed by atoms with Gasteiger partial charge in [-0.2, -0.15) is 13.2 Å². The minimum atomic E-state index is -4.52. The normalized spacial score (nSPS) is 23.4. The fourth-order valence-corrected chi connectivity index (χ4v) is 3.98. The van der Waals surface area contributed by atoms with E-state index in [9.17, 15) is 22.8 Å². The molecule has 3 N–H and O–H groups in total. The van der Waals surface area contributed by atoms with Gasteiger partial charge in [-0.05, 0) is 57.0 Å². The molecule has 160 valence electrons. The third kappa shape index (κ3) is 6.17. The molecular formula is C20H27F3N4O2. The number of halogens is 3. The molecule has 0 saturated carbocycles. The number of nitrogens with one attached hydrogen (secondary N) is 3. The maximum absolute atomic E-state index is 12.8. The summed E-state index contributed by atoms with van der Waals surface area (Å²) in [6, 6.07) is 4.72. The lowest BCUT2D eigenvalue weighted by atomic mass is 10.1. The summed E-state index contributed by atoms with van der Waals surface area (Å²) >= 11 is 0. The second-order valence-corrected chi connectivity index (χ2v) is 7.64. The first-order valence-corrected chi connectivity index (χ1v) is 10.0. The van der Waals surface area contributed by atoms with Gasteiger partial charge in [0.2, 0.25) is 5.91 Å². The van der Waals surface area contributed by atoms with E-state index in [1.165, 1.54) is 12.1 Å². The average Bonchev–Trinajstić information content (AvgIpc) is 2.97. The molecule has 0 aromatic heterocycles. The Bertz CT molecular complexity index is 718. The fourth-order valence-electron chi connectivity index (χ4n) is 3.98. The quantitative estimate of drug-likeness (QED) is 0.689. The minimum absolute atomic E-state index is 0.0316. The molecule has 2 saturated heterocycles. The SMILES string of the molecule is O=C(CNC(=O)c1cccc(C(F)(F)F)c1)NC1CCN([C@H]2CCCNCC2)C1. The highest BCUT2D eigenvalue weighted by Gasteiger charge is 2.31. The Hall–Kier alpha value is -2.13. The van der Waals surface area contributed by atoms with Crippen LogP contribution in [-0.4, -0.2) is 61.5 Å². The van der Waals surface area contributed by atoms with E-state index in [1.807, 2.05) is 0 Å². The van der Waals surface area contributed by atoms with E-state index in [0.717, 1.165) is 64.0 Å². The van der Waals surface area contributed by atoms with Crippen molar-refractivity contribution in [1.82, 2.24) is 20.9 Å². The van der Waals surface area contributed by atoms with Gasteiger partial charge in [0.15, 0.2) is 0 Å². The molecule has 1 aromatic carbocycles. The number of carbonyl (C=O) groups is 2. The summed E-state index contributed by atoms with van der Waals surface area (Å²) in [6.07, 6.45) is -0.249. The van der Waals surface area contributed by atoms with E-state index in [-0.39, 0.29) is 24.1 Å². The number of amides is 2. The van der Waals surface area contributed by atoms with Gasteiger partial charge in [0.1, 0.15) is 0 Å². The summed E-state index contributed by atoms with van der Waals surface area (Å²) in [4.78, 5) is 26.7. The Morgan fingerprint density at radius 2 is 2.00 bits per heavy atom. The Morgan fingerprint density at radius 1 is 1.17 bits per heavy atom. The maximum atomic E-state index is 12.8. The van der Waals surface area contributed by atoms with Crippen molar-refractivity contribution < 1.29 is 22.8 Å². The molecule has 2 heterocycles. The molecule has 2 aliphatic heterocycles.